The van der Waals surface area contributed by atoms with Gasteiger partial charge in [0, 0.05) is 64.1 Å². The van der Waals surface area contributed by atoms with E-state index in [0.29, 0.717) is 24.5 Å². The molecule has 0 radical (unpaired) electrons. The number of hydrogen-bond donors (Lipinski definition) is 1. The summed E-state index contributed by atoms with van der Waals surface area (Å²) in [4.78, 5) is 23.5. The number of aryl methyl sites for hydroxylation is 1. The minimum atomic E-state index is -4.59. The number of β-amino-alcohol motifs (C(OH)–C–C–N with tert-alkyl or cyclic N) is 1. The van der Waals surface area contributed by atoms with E-state index in [9.17, 15) is 22.4 Å². The van der Waals surface area contributed by atoms with Crippen molar-refractivity contribution < 1.29 is 27.5 Å². The number of anilines is 2. The highest BCUT2D eigenvalue weighted by molar-refractivity contribution is 6.31. The van der Waals surface area contributed by atoms with Crippen LogP contribution in [0.15, 0.2) is 35.4 Å². The van der Waals surface area contributed by atoms with E-state index in [1.54, 1.807) is 0 Å². The van der Waals surface area contributed by atoms with Crippen molar-refractivity contribution in [3.63, 3.8) is 0 Å². The van der Waals surface area contributed by atoms with Gasteiger partial charge in [0.05, 0.1) is 22.9 Å². The van der Waals surface area contributed by atoms with Crippen molar-refractivity contribution in [1.82, 2.24) is 14.8 Å². The molecule has 3 heterocycles. The Morgan fingerprint density at radius 1 is 1.16 bits per heavy atom. The molecule has 1 fully saturated rings. The number of hydrogen-bond acceptors (Lipinski definition) is 7. The third kappa shape index (κ3) is 6.42. The number of carbonyl (C=O) groups is 1. The first kappa shape index (κ1) is 28.2. The molecule has 1 aromatic carbocycles. The number of carbonyl (C=O) groups excluding carboxylic acids is 1. The summed E-state index contributed by atoms with van der Waals surface area (Å²) < 4.78 is 54.3. The maximum Gasteiger partial charge on any atom is 0.416 e. The predicted molar refractivity (Wildman–Crippen MR) is 137 cm³/mol. The van der Waals surface area contributed by atoms with Gasteiger partial charge in [0.2, 0.25) is 0 Å². The molecule has 2 aliphatic heterocycles. The minimum Gasteiger partial charge on any atom is -0.395 e. The second-order valence-electron chi connectivity index (χ2n) is 9.42. The Kier molecular flexibility index (Phi) is 8.55. The zero-order valence-electron chi connectivity index (χ0n) is 21.0. The van der Waals surface area contributed by atoms with E-state index in [-0.39, 0.29) is 29.6 Å². The molecule has 0 aliphatic carbocycles. The number of benzene rings is 1. The topological polar surface area (TPSA) is 75.5 Å². The number of halogens is 5. The quantitative estimate of drug-likeness (QED) is 0.527. The summed E-state index contributed by atoms with van der Waals surface area (Å²) in [5.41, 5.74) is 0.237. The van der Waals surface area contributed by atoms with Gasteiger partial charge in [0.1, 0.15) is 17.7 Å². The number of likely N-dealkylation sites (N-methyl/N-ethyl adjacent to an activating group) is 1. The van der Waals surface area contributed by atoms with E-state index in [2.05, 4.69) is 19.9 Å². The molecule has 8 nitrogen and oxygen atoms in total. The fourth-order valence-corrected chi connectivity index (χ4v) is 4.79. The molecule has 206 valence electrons. The molecule has 1 N–H and O–H groups in total. The maximum absolute atomic E-state index is 13.7. The zero-order valence-corrected chi connectivity index (χ0v) is 21.8. The van der Waals surface area contributed by atoms with Crippen molar-refractivity contribution >= 4 is 34.7 Å². The standard InChI is InChI=1S/C25H29ClF4N6O2/c1-16-11-17(25(28,29)30)12-23(31-16)36-22(24(38)33(2)19-3-4-21(27)20(26)14-19)13-18(32-36)15-35-7-5-34(6-8-35)9-10-37/h3-4,11-12,14,22,37H,5-10,13,15H2,1-2H3. The van der Waals surface area contributed by atoms with Gasteiger partial charge in [-0.3, -0.25) is 14.6 Å². The number of aliphatic hydroxyl groups excluding tert-OH is 1. The molecule has 2 aliphatic rings. The first-order valence-corrected chi connectivity index (χ1v) is 12.5. The highest BCUT2D eigenvalue weighted by atomic mass is 35.5. The second kappa shape index (κ2) is 11.5. The molecule has 13 heteroatoms. The lowest BCUT2D eigenvalue weighted by Gasteiger charge is -2.34. The molecule has 1 aromatic heterocycles. The van der Waals surface area contributed by atoms with Gasteiger partial charge in [-0.25, -0.2) is 14.4 Å². The number of piperazine rings is 1. The van der Waals surface area contributed by atoms with Gasteiger partial charge in [-0.2, -0.15) is 18.3 Å². The Morgan fingerprint density at radius 3 is 2.47 bits per heavy atom. The number of nitrogens with zero attached hydrogens (tertiary/aromatic N) is 6. The lowest BCUT2D eigenvalue weighted by Crippen LogP contribution is -2.48. The summed E-state index contributed by atoms with van der Waals surface area (Å²) >= 11 is 5.90. The minimum absolute atomic E-state index is 0.0796. The second-order valence-corrected chi connectivity index (χ2v) is 9.83. The molecule has 2 aromatic rings. The first-order chi connectivity index (χ1) is 18.0. The van der Waals surface area contributed by atoms with Crippen LogP contribution >= 0.6 is 11.6 Å². The fraction of sp³-hybridized carbons (Fsp3) is 0.480. The van der Waals surface area contributed by atoms with E-state index < -0.39 is 29.5 Å². The van der Waals surface area contributed by atoms with Gasteiger partial charge >= 0.3 is 6.18 Å². The average Bonchev–Trinajstić information content (AvgIpc) is 3.29. The molecule has 1 unspecified atom stereocenters. The Labute approximate surface area is 223 Å². The molecule has 4 rings (SSSR count). The van der Waals surface area contributed by atoms with Gasteiger partial charge in [-0.1, -0.05) is 11.6 Å². The summed E-state index contributed by atoms with van der Waals surface area (Å²) in [5.74, 6) is -1.16. The normalized spacial score (nSPS) is 19.1. The largest absolute Gasteiger partial charge is 0.416 e. The molecule has 0 saturated carbocycles. The van der Waals surface area contributed by atoms with Gasteiger partial charge < -0.3 is 10.0 Å². The summed E-state index contributed by atoms with van der Waals surface area (Å²) in [6.45, 7) is 5.57. The van der Waals surface area contributed by atoms with E-state index in [1.807, 2.05) is 0 Å². The number of hydrazone groups is 1. The van der Waals surface area contributed by atoms with Crippen molar-refractivity contribution in [2.24, 2.45) is 5.10 Å². The summed E-state index contributed by atoms with van der Waals surface area (Å²) in [5, 5.41) is 14.8. The van der Waals surface area contributed by atoms with Crippen LogP contribution in [0.2, 0.25) is 5.02 Å². The Morgan fingerprint density at radius 2 is 1.84 bits per heavy atom. The molecule has 1 atom stereocenters. The van der Waals surface area contributed by atoms with Crippen LogP contribution < -0.4 is 9.91 Å². The highest BCUT2D eigenvalue weighted by Crippen LogP contribution is 2.34. The molecule has 1 saturated heterocycles. The van der Waals surface area contributed by atoms with Crippen molar-refractivity contribution in [2.75, 3.05) is 62.8 Å². The van der Waals surface area contributed by atoms with Crippen LogP contribution in [-0.4, -0.2) is 90.5 Å². The fourth-order valence-electron chi connectivity index (χ4n) is 4.62. The number of pyridine rings is 1. The van der Waals surface area contributed by atoms with Crippen LogP contribution in [0.4, 0.5) is 29.1 Å². The van der Waals surface area contributed by atoms with Crippen LogP contribution in [0.3, 0.4) is 0 Å². The van der Waals surface area contributed by atoms with E-state index in [4.69, 9.17) is 16.7 Å². The molecule has 1 amide bonds. The summed E-state index contributed by atoms with van der Waals surface area (Å²) in [6, 6.07) is 4.74. The van der Waals surface area contributed by atoms with E-state index >= 15 is 0 Å². The molecular weight excluding hydrogens is 528 g/mol. The van der Waals surface area contributed by atoms with Crippen molar-refractivity contribution in [3.8, 4) is 0 Å². The van der Waals surface area contributed by atoms with Gasteiger partial charge in [0.25, 0.3) is 5.91 Å². The number of rotatable bonds is 7. The smallest absolute Gasteiger partial charge is 0.395 e. The van der Waals surface area contributed by atoms with Crippen molar-refractivity contribution in [1.29, 1.82) is 0 Å². The number of alkyl halides is 3. The van der Waals surface area contributed by atoms with Crippen LogP contribution in [0.25, 0.3) is 0 Å². The number of amides is 1. The Hall–Kier alpha value is -2.80. The van der Waals surface area contributed by atoms with Crippen LogP contribution in [0.1, 0.15) is 17.7 Å². The average molecular weight is 557 g/mol. The Bertz CT molecular complexity index is 1200. The summed E-state index contributed by atoms with van der Waals surface area (Å²) in [7, 11) is 1.49. The monoisotopic (exact) mass is 556 g/mol. The van der Waals surface area contributed by atoms with E-state index in [0.717, 1.165) is 44.4 Å². The SMILES string of the molecule is Cc1cc(C(F)(F)F)cc(N2N=C(CN3CCN(CCO)CC3)CC2C(=O)N(C)c2ccc(F)c(Cl)c2)n1. The highest BCUT2D eigenvalue weighted by Gasteiger charge is 2.39. The molecule has 0 bridgehead atoms. The van der Waals surface area contributed by atoms with Gasteiger partial charge in [-0.15, -0.1) is 0 Å². The van der Waals surface area contributed by atoms with Crippen molar-refractivity contribution in [2.45, 2.75) is 25.6 Å². The molecule has 0 spiro atoms. The number of aromatic nitrogens is 1. The molecular formula is C25H29ClF4N6O2. The van der Waals surface area contributed by atoms with Crippen LogP contribution in [0, 0.1) is 12.7 Å². The third-order valence-electron chi connectivity index (χ3n) is 6.67. The van der Waals surface area contributed by atoms with Gasteiger partial charge in [-0.05, 0) is 37.3 Å². The van der Waals surface area contributed by atoms with Crippen LogP contribution in [0.5, 0.6) is 0 Å². The lowest BCUT2D eigenvalue weighted by molar-refractivity contribution is -0.137. The number of aliphatic hydroxyl groups is 1. The Balaban J connectivity index is 1.61. The summed E-state index contributed by atoms with van der Waals surface area (Å²) in [6.07, 6.45) is -4.41. The van der Waals surface area contributed by atoms with Crippen molar-refractivity contribution in [3.05, 3.63) is 52.4 Å². The lowest BCUT2D eigenvalue weighted by atomic mass is 10.1. The predicted octanol–water partition coefficient (Wildman–Crippen LogP) is 3.41. The van der Waals surface area contributed by atoms with Crippen LogP contribution in [-0.2, 0) is 11.0 Å². The third-order valence-corrected chi connectivity index (χ3v) is 6.96. The van der Waals surface area contributed by atoms with E-state index in [1.165, 1.54) is 36.0 Å². The van der Waals surface area contributed by atoms with Gasteiger partial charge in [0.15, 0.2) is 0 Å². The first-order valence-electron chi connectivity index (χ1n) is 12.2. The maximum atomic E-state index is 13.7. The molecule has 38 heavy (non-hydrogen) atoms. The zero-order chi connectivity index (χ0) is 27.6.